The molecule has 1 aromatic heterocycles. The van der Waals surface area contributed by atoms with E-state index >= 15 is 0 Å². The van der Waals surface area contributed by atoms with Gasteiger partial charge >= 0.3 is 6.18 Å². The summed E-state index contributed by atoms with van der Waals surface area (Å²) < 4.78 is 39.6. The van der Waals surface area contributed by atoms with Crippen molar-refractivity contribution >= 4 is 29.0 Å². The molecule has 7 nitrogen and oxygen atoms in total. The van der Waals surface area contributed by atoms with E-state index in [1.807, 2.05) is 0 Å². The summed E-state index contributed by atoms with van der Waals surface area (Å²) in [5.74, 6) is 0.234. The van der Waals surface area contributed by atoms with E-state index < -0.39 is 17.8 Å². The van der Waals surface area contributed by atoms with Gasteiger partial charge < -0.3 is 21.1 Å². The molecule has 2 heterocycles. The lowest BCUT2D eigenvalue weighted by atomic mass is 9.86. The van der Waals surface area contributed by atoms with Crippen LogP contribution in [0.15, 0.2) is 18.2 Å². The molecule has 4 rings (SSSR count). The van der Waals surface area contributed by atoms with Gasteiger partial charge in [0.25, 0.3) is 0 Å². The van der Waals surface area contributed by atoms with Crippen LogP contribution in [-0.2, 0) is 24.1 Å². The van der Waals surface area contributed by atoms with Crippen molar-refractivity contribution in [2.24, 2.45) is 5.92 Å². The Morgan fingerprint density at radius 3 is 2.58 bits per heavy atom. The summed E-state index contributed by atoms with van der Waals surface area (Å²) in [7, 11) is 0. The molecule has 0 saturated heterocycles. The number of hydrogen-bond acceptors (Lipinski definition) is 6. The molecule has 0 bridgehead atoms. The lowest BCUT2D eigenvalue weighted by Gasteiger charge is -2.28. The number of halogens is 4. The molecule has 11 heteroatoms. The number of carbonyl (C=O) groups excluding carboxylic acids is 1. The van der Waals surface area contributed by atoms with Crippen molar-refractivity contribution in [3.8, 4) is 0 Å². The number of benzene rings is 1. The van der Waals surface area contributed by atoms with Gasteiger partial charge in [0.15, 0.2) is 0 Å². The van der Waals surface area contributed by atoms with E-state index in [1.54, 1.807) is 11.8 Å². The zero-order valence-electron chi connectivity index (χ0n) is 18.0. The zero-order valence-corrected chi connectivity index (χ0v) is 18.7. The number of anilines is 2. The van der Waals surface area contributed by atoms with Crippen LogP contribution in [0.3, 0.4) is 0 Å². The van der Waals surface area contributed by atoms with Gasteiger partial charge in [0, 0.05) is 17.2 Å². The lowest BCUT2D eigenvalue weighted by molar-refractivity contribution is -0.138. The SMILES string of the molecule is C[C@@H](Nc1nc(Cl)nc2c1CN(C(=O)C1CCC(O)CC1)C2)c1cc(N)cc(C(F)(F)F)c1. The third-order valence-corrected chi connectivity index (χ3v) is 6.44. The highest BCUT2D eigenvalue weighted by atomic mass is 35.5. The number of aliphatic hydroxyl groups excluding tert-OH is 1. The monoisotopic (exact) mass is 483 g/mol. The highest BCUT2D eigenvalue weighted by molar-refractivity contribution is 6.28. The number of aliphatic hydroxyl groups is 1. The number of fused-ring (bicyclic) bond motifs is 1. The largest absolute Gasteiger partial charge is 0.416 e. The molecular formula is C22H25ClF3N5O2. The standard InChI is InChI=1S/C22H25ClF3N5O2/c1-11(13-6-14(22(24,25)26)8-15(27)7-13)28-19-17-9-31(10-18(17)29-21(23)30-19)20(33)12-2-4-16(32)5-3-12/h6-8,11-12,16,32H,2-5,9-10,27H2,1H3,(H,28,29,30)/t11-,12?,16?/m1/s1. The first-order chi connectivity index (χ1) is 15.5. The maximum Gasteiger partial charge on any atom is 0.416 e. The van der Waals surface area contributed by atoms with Crippen LogP contribution in [-0.4, -0.2) is 32.0 Å². The van der Waals surface area contributed by atoms with Crippen molar-refractivity contribution < 1.29 is 23.1 Å². The number of carbonyl (C=O) groups is 1. The van der Waals surface area contributed by atoms with Crippen molar-refractivity contribution in [3.05, 3.63) is 45.9 Å². The summed E-state index contributed by atoms with van der Waals surface area (Å²) in [5, 5.41) is 12.8. The fourth-order valence-electron chi connectivity index (χ4n) is 4.46. The fourth-order valence-corrected chi connectivity index (χ4v) is 4.65. The minimum absolute atomic E-state index is 0.000623. The summed E-state index contributed by atoms with van der Waals surface area (Å²) in [5.41, 5.74) is 6.52. The van der Waals surface area contributed by atoms with Gasteiger partial charge in [-0.05, 0) is 68.0 Å². The molecule has 1 amide bonds. The van der Waals surface area contributed by atoms with E-state index in [4.69, 9.17) is 17.3 Å². The molecule has 178 valence electrons. The maximum atomic E-state index is 13.2. The Bertz CT molecular complexity index is 1060. The maximum absolute atomic E-state index is 13.2. The summed E-state index contributed by atoms with van der Waals surface area (Å²) in [6.07, 6.45) is -2.38. The lowest BCUT2D eigenvalue weighted by Crippen LogP contribution is -2.35. The molecular weight excluding hydrogens is 459 g/mol. The van der Waals surface area contributed by atoms with Crippen LogP contribution in [0.5, 0.6) is 0 Å². The molecule has 1 aliphatic heterocycles. The Balaban J connectivity index is 1.54. The van der Waals surface area contributed by atoms with Crippen LogP contribution >= 0.6 is 11.6 Å². The quantitative estimate of drug-likeness (QED) is 0.442. The number of amides is 1. The van der Waals surface area contributed by atoms with Crippen LogP contribution in [0.1, 0.15) is 61.0 Å². The predicted molar refractivity (Wildman–Crippen MR) is 117 cm³/mol. The molecule has 4 N–H and O–H groups in total. The van der Waals surface area contributed by atoms with Crippen LogP contribution in [0.25, 0.3) is 0 Å². The normalized spacial score (nSPS) is 21.6. The predicted octanol–water partition coefficient (Wildman–Crippen LogP) is 4.30. The van der Waals surface area contributed by atoms with Crippen LogP contribution in [0.4, 0.5) is 24.7 Å². The number of nitrogens with one attached hydrogen (secondary N) is 1. The van der Waals surface area contributed by atoms with Crippen molar-refractivity contribution in [1.29, 1.82) is 0 Å². The summed E-state index contributed by atoms with van der Waals surface area (Å²) in [6.45, 7) is 2.27. The average Bonchev–Trinajstić information content (AvgIpc) is 3.17. The van der Waals surface area contributed by atoms with E-state index in [2.05, 4.69) is 15.3 Å². The molecule has 1 saturated carbocycles. The van der Waals surface area contributed by atoms with Crippen LogP contribution in [0.2, 0.25) is 5.28 Å². The van der Waals surface area contributed by atoms with Crippen LogP contribution in [0, 0.1) is 5.92 Å². The number of rotatable bonds is 4. The Morgan fingerprint density at radius 1 is 1.21 bits per heavy atom. The molecule has 1 aliphatic carbocycles. The van der Waals surface area contributed by atoms with Crippen molar-refractivity contribution in [1.82, 2.24) is 14.9 Å². The van der Waals surface area contributed by atoms with Crippen LogP contribution < -0.4 is 11.1 Å². The first-order valence-electron chi connectivity index (χ1n) is 10.8. The highest BCUT2D eigenvalue weighted by Gasteiger charge is 2.35. The minimum Gasteiger partial charge on any atom is -0.399 e. The Labute approximate surface area is 194 Å². The Morgan fingerprint density at radius 2 is 1.91 bits per heavy atom. The number of hydrogen-bond donors (Lipinski definition) is 3. The van der Waals surface area contributed by atoms with Gasteiger partial charge in [0.2, 0.25) is 11.2 Å². The summed E-state index contributed by atoms with van der Waals surface area (Å²) in [4.78, 5) is 23.2. The van der Waals surface area contributed by atoms with Gasteiger partial charge in [-0.1, -0.05) is 0 Å². The summed E-state index contributed by atoms with van der Waals surface area (Å²) in [6, 6.07) is 2.85. The van der Waals surface area contributed by atoms with E-state index in [-0.39, 0.29) is 42.0 Å². The third-order valence-electron chi connectivity index (χ3n) is 6.27. The molecule has 0 spiro atoms. The van der Waals surface area contributed by atoms with Crippen molar-refractivity contribution in [3.63, 3.8) is 0 Å². The molecule has 1 aromatic carbocycles. The first-order valence-corrected chi connectivity index (χ1v) is 11.2. The molecule has 2 aliphatic rings. The number of nitrogens with two attached hydrogens (primary N) is 1. The van der Waals surface area contributed by atoms with Gasteiger partial charge in [-0.3, -0.25) is 4.79 Å². The second-order valence-electron chi connectivity index (χ2n) is 8.72. The smallest absolute Gasteiger partial charge is 0.399 e. The van der Waals surface area contributed by atoms with Gasteiger partial charge in [0.05, 0.1) is 36.5 Å². The third kappa shape index (κ3) is 5.16. The second kappa shape index (κ2) is 8.98. The molecule has 0 radical (unpaired) electrons. The van der Waals surface area contributed by atoms with Crippen molar-refractivity contribution in [2.45, 2.75) is 64.0 Å². The van der Waals surface area contributed by atoms with E-state index in [1.165, 1.54) is 6.07 Å². The van der Waals surface area contributed by atoms with Gasteiger partial charge in [0.1, 0.15) is 5.82 Å². The van der Waals surface area contributed by atoms with E-state index in [0.717, 1.165) is 12.1 Å². The Kier molecular flexibility index (Phi) is 6.41. The number of nitrogen functional groups attached to an aromatic ring is 1. The van der Waals surface area contributed by atoms with Gasteiger partial charge in [-0.25, -0.2) is 9.97 Å². The Hall–Kier alpha value is -2.59. The molecule has 2 aromatic rings. The van der Waals surface area contributed by atoms with Gasteiger partial charge in [-0.15, -0.1) is 0 Å². The highest BCUT2D eigenvalue weighted by Crippen LogP contribution is 2.36. The molecule has 1 atom stereocenters. The fraction of sp³-hybridized carbons (Fsp3) is 0.500. The van der Waals surface area contributed by atoms with E-state index in [0.29, 0.717) is 48.3 Å². The van der Waals surface area contributed by atoms with Crippen molar-refractivity contribution in [2.75, 3.05) is 11.1 Å². The zero-order chi connectivity index (χ0) is 23.9. The topological polar surface area (TPSA) is 104 Å². The average molecular weight is 484 g/mol. The number of alkyl halides is 3. The number of nitrogens with zero attached hydrogens (tertiary/aromatic N) is 3. The minimum atomic E-state index is -4.51. The van der Waals surface area contributed by atoms with E-state index in [9.17, 15) is 23.1 Å². The molecule has 0 unspecified atom stereocenters. The number of aromatic nitrogens is 2. The second-order valence-corrected chi connectivity index (χ2v) is 9.06. The summed E-state index contributed by atoms with van der Waals surface area (Å²) >= 11 is 6.10. The molecule has 1 fully saturated rings. The molecule has 33 heavy (non-hydrogen) atoms. The van der Waals surface area contributed by atoms with Gasteiger partial charge in [-0.2, -0.15) is 13.2 Å². The first kappa shape index (κ1) is 23.6.